The van der Waals surface area contributed by atoms with Gasteiger partial charge in [-0.2, -0.15) is 5.10 Å². The highest BCUT2D eigenvalue weighted by atomic mass is 35.5. The molecule has 27 heavy (non-hydrogen) atoms. The minimum absolute atomic E-state index is 0.175. The van der Waals surface area contributed by atoms with Crippen LogP contribution < -0.4 is 5.32 Å². The molecule has 0 atom stereocenters. The first-order chi connectivity index (χ1) is 13.1. The van der Waals surface area contributed by atoms with E-state index < -0.39 is 0 Å². The molecule has 1 N–H and O–H groups in total. The number of rotatable bonds is 5. The molecule has 7 nitrogen and oxygen atoms in total. The van der Waals surface area contributed by atoms with Gasteiger partial charge in [0.1, 0.15) is 5.52 Å². The zero-order chi connectivity index (χ0) is 18.8. The largest absolute Gasteiger partial charge is 0.348 e. The summed E-state index contributed by atoms with van der Waals surface area (Å²) in [4.78, 5) is 12.3. The summed E-state index contributed by atoms with van der Waals surface area (Å²) in [7, 11) is 1.86. The van der Waals surface area contributed by atoms with Crippen LogP contribution in [-0.4, -0.2) is 30.7 Å². The summed E-state index contributed by atoms with van der Waals surface area (Å²) < 4.78 is 3.46. The molecule has 8 heteroatoms. The zero-order valence-electron chi connectivity index (χ0n) is 14.6. The normalized spacial score (nSPS) is 11.0. The molecule has 2 heterocycles. The summed E-state index contributed by atoms with van der Waals surface area (Å²) in [5.74, 6) is -0.175. The number of carbonyl (C=O) groups excluding carboxylic acids is 1. The predicted octanol–water partition coefficient (Wildman–Crippen LogP) is 2.80. The molecule has 0 spiro atoms. The maximum absolute atomic E-state index is 12.3. The molecule has 0 saturated heterocycles. The Bertz CT molecular complexity index is 1120. The van der Waals surface area contributed by atoms with Crippen LogP contribution in [0.25, 0.3) is 11.0 Å². The van der Waals surface area contributed by atoms with Gasteiger partial charge < -0.3 is 5.32 Å². The number of hydrogen-bond acceptors (Lipinski definition) is 4. The second-order valence-electron chi connectivity index (χ2n) is 6.28. The van der Waals surface area contributed by atoms with Gasteiger partial charge in [-0.25, -0.2) is 4.68 Å². The summed E-state index contributed by atoms with van der Waals surface area (Å²) in [6.07, 6.45) is 3.29. The second-order valence-corrected chi connectivity index (χ2v) is 6.71. The third kappa shape index (κ3) is 3.83. The molecule has 0 radical (unpaired) electrons. The minimum atomic E-state index is -0.175. The number of nitrogens with one attached hydrogen (secondary N) is 1. The van der Waals surface area contributed by atoms with Crippen molar-refractivity contribution < 1.29 is 4.79 Å². The maximum Gasteiger partial charge on any atom is 0.254 e. The van der Waals surface area contributed by atoms with Crippen LogP contribution in [0.2, 0.25) is 5.02 Å². The first-order valence-electron chi connectivity index (χ1n) is 8.42. The van der Waals surface area contributed by atoms with E-state index >= 15 is 0 Å². The first-order valence-corrected chi connectivity index (χ1v) is 8.80. The summed E-state index contributed by atoms with van der Waals surface area (Å²) in [6, 6.07) is 13.4. The van der Waals surface area contributed by atoms with Crippen molar-refractivity contribution in [2.45, 2.75) is 13.1 Å². The number of aromatic nitrogens is 5. The predicted molar refractivity (Wildman–Crippen MR) is 102 cm³/mol. The van der Waals surface area contributed by atoms with E-state index in [0.717, 1.165) is 22.2 Å². The molecule has 2 aromatic carbocycles. The van der Waals surface area contributed by atoms with Gasteiger partial charge in [0.25, 0.3) is 5.91 Å². The molecular weight excluding hydrogens is 364 g/mol. The number of halogens is 1. The van der Waals surface area contributed by atoms with Crippen LogP contribution in [-0.2, 0) is 20.1 Å². The molecule has 4 rings (SSSR count). The average molecular weight is 381 g/mol. The van der Waals surface area contributed by atoms with E-state index in [0.29, 0.717) is 23.7 Å². The highest BCUT2D eigenvalue weighted by Crippen LogP contribution is 2.14. The Morgan fingerprint density at radius 1 is 1.19 bits per heavy atom. The van der Waals surface area contributed by atoms with Gasteiger partial charge in [-0.3, -0.25) is 9.48 Å². The summed E-state index contributed by atoms with van der Waals surface area (Å²) in [5, 5.41) is 15.9. The van der Waals surface area contributed by atoms with Gasteiger partial charge in [-0.15, -0.1) is 5.10 Å². The van der Waals surface area contributed by atoms with Crippen molar-refractivity contribution in [2.75, 3.05) is 0 Å². The number of aryl methyl sites for hydroxylation is 1. The van der Waals surface area contributed by atoms with Crippen molar-refractivity contribution in [2.24, 2.45) is 7.05 Å². The monoisotopic (exact) mass is 380 g/mol. The number of carbonyl (C=O) groups is 1. The fraction of sp³-hybridized carbons (Fsp3) is 0.158. The molecule has 4 aromatic rings. The Hall–Kier alpha value is -3.19. The van der Waals surface area contributed by atoms with E-state index in [-0.39, 0.29) is 5.91 Å². The van der Waals surface area contributed by atoms with Crippen molar-refractivity contribution in [3.63, 3.8) is 0 Å². The van der Waals surface area contributed by atoms with Crippen LogP contribution in [0.4, 0.5) is 0 Å². The lowest BCUT2D eigenvalue weighted by molar-refractivity contribution is 0.0951. The molecule has 0 saturated carbocycles. The van der Waals surface area contributed by atoms with Crippen molar-refractivity contribution in [1.29, 1.82) is 0 Å². The first kappa shape index (κ1) is 17.2. The number of benzene rings is 2. The van der Waals surface area contributed by atoms with Crippen molar-refractivity contribution in [1.82, 2.24) is 30.1 Å². The molecule has 2 aromatic heterocycles. The van der Waals surface area contributed by atoms with Gasteiger partial charge >= 0.3 is 0 Å². The summed E-state index contributed by atoms with van der Waals surface area (Å²) in [6.45, 7) is 0.960. The van der Waals surface area contributed by atoms with Gasteiger partial charge in [-0.1, -0.05) is 35.0 Å². The van der Waals surface area contributed by atoms with Crippen LogP contribution in [0.3, 0.4) is 0 Å². The Labute approximate surface area is 160 Å². The molecule has 0 aliphatic rings. The lowest BCUT2D eigenvalue weighted by Crippen LogP contribution is -2.22. The van der Waals surface area contributed by atoms with E-state index in [1.807, 2.05) is 43.4 Å². The highest BCUT2D eigenvalue weighted by molar-refractivity contribution is 6.30. The molecule has 136 valence electrons. The zero-order valence-corrected chi connectivity index (χ0v) is 15.4. The minimum Gasteiger partial charge on any atom is -0.348 e. The molecule has 0 fully saturated rings. The Morgan fingerprint density at radius 3 is 2.93 bits per heavy atom. The van der Waals surface area contributed by atoms with Gasteiger partial charge in [0.15, 0.2) is 0 Å². The van der Waals surface area contributed by atoms with Gasteiger partial charge in [-0.05, 0) is 35.4 Å². The smallest absolute Gasteiger partial charge is 0.254 e. The van der Waals surface area contributed by atoms with E-state index in [4.69, 9.17) is 11.6 Å². The van der Waals surface area contributed by atoms with Crippen LogP contribution in [0, 0.1) is 0 Å². The van der Waals surface area contributed by atoms with E-state index in [1.54, 1.807) is 27.8 Å². The van der Waals surface area contributed by atoms with Crippen LogP contribution in [0.15, 0.2) is 54.9 Å². The van der Waals surface area contributed by atoms with Crippen LogP contribution in [0.1, 0.15) is 21.5 Å². The number of fused-ring (bicyclic) bond motifs is 1. The summed E-state index contributed by atoms with van der Waals surface area (Å²) in [5.41, 5.74) is 4.30. The van der Waals surface area contributed by atoms with Gasteiger partial charge in [0, 0.05) is 24.8 Å². The average Bonchev–Trinajstić information content (AvgIpc) is 3.27. The lowest BCUT2D eigenvalue weighted by Gasteiger charge is -2.04. The Morgan fingerprint density at radius 2 is 2.07 bits per heavy atom. The number of hydrogen-bond donors (Lipinski definition) is 1. The fourth-order valence-corrected chi connectivity index (χ4v) is 3.08. The van der Waals surface area contributed by atoms with E-state index in [1.165, 1.54) is 0 Å². The maximum atomic E-state index is 12.3. The third-order valence-electron chi connectivity index (χ3n) is 4.26. The SMILES string of the molecule is Cn1nnc2cc(Cn3cc(C(=O)NCc4cccc(Cl)c4)cn3)ccc21. The summed E-state index contributed by atoms with van der Waals surface area (Å²) >= 11 is 5.96. The van der Waals surface area contributed by atoms with Crippen molar-refractivity contribution >= 4 is 28.5 Å². The third-order valence-corrected chi connectivity index (χ3v) is 4.49. The van der Waals surface area contributed by atoms with Crippen LogP contribution >= 0.6 is 11.6 Å². The van der Waals surface area contributed by atoms with Crippen molar-refractivity contribution in [3.8, 4) is 0 Å². The molecular formula is C19H17ClN6O. The highest BCUT2D eigenvalue weighted by Gasteiger charge is 2.10. The number of amides is 1. The number of nitrogens with zero attached hydrogens (tertiary/aromatic N) is 5. The quantitative estimate of drug-likeness (QED) is 0.577. The molecule has 0 bridgehead atoms. The molecule has 0 aliphatic heterocycles. The van der Waals surface area contributed by atoms with Crippen LogP contribution in [0.5, 0.6) is 0 Å². The standard InChI is InChI=1S/C19H17ClN6O/c1-25-18-6-5-14(8-17(18)23-24-25)11-26-12-15(10-22-26)19(27)21-9-13-3-2-4-16(20)7-13/h2-8,10,12H,9,11H2,1H3,(H,21,27). The molecule has 0 unspecified atom stereocenters. The van der Waals surface area contributed by atoms with Gasteiger partial charge in [0.05, 0.1) is 23.8 Å². The second kappa shape index (κ2) is 7.20. The Kier molecular flexibility index (Phi) is 4.60. The fourth-order valence-electron chi connectivity index (χ4n) is 2.87. The van der Waals surface area contributed by atoms with Crippen molar-refractivity contribution in [3.05, 3.63) is 76.6 Å². The van der Waals surface area contributed by atoms with Gasteiger partial charge in [0.2, 0.25) is 0 Å². The lowest BCUT2D eigenvalue weighted by atomic mass is 10.2. The van der Waals surface area contributed by atoms with E-state index in [2.05, 4.69) is 20.7 Å². The molecule has 1 amide bonds. The topological polar surface area (TPSA) is 77.6 Å². The van der Waals surface area contributed by atoms with E-state index in [9.17, 15) is 4.79 Å². The molecule has 0 aliphatic carbocycles. The Balaban J connectivity index is 1.41.